The van der Waals surface area contributed by atoms with Gasteiger partial charge < -0.3 is 10.1 Å². The number of hydrogen-bond donors (Lipinski definition) is 1. The van der Waals surface area contributed by atoms with Crippen LogP contribution < -0.4 is 5.32 Å². The van der Waals surface area contributed by atoms with Crippen LogP contribution in [0.25, 0.3) is 0 Å². The lowest BCUT2D eigenvalue weighted by atomic mass is 10.2. The molecule has 112 valence electrons. The molecule has 0 spiro atoms. The van der Waals surface area contributed by atoms with Crippen molar-refractivity contribution in [1.82, 2.24) is 4.98 Å². The summed E-state index contributed by atoms with van der Waals surface area (Å²) in [5.74, 6) is -1.06. The normalized spacial score (nSPS) is 11.3. The minimum absolute atomic E-state index is 0.0201. The van der Waals surface area contributed by atoms with E-state index in [0.29, 0.717) is 17.0 Å². The van der Waals surface area contributed by atoms with Crippen molar-refractivity contribution in [3.8, 4) is 0 Å². The Kier molecular flexibility index (Phi) is 4.17. The van der Waals surface area contributed by atoms with E-state index in [2.05, 4.69) is 15.0 Å². The van der Waals surface area contributed by atoms with Gasteiger partial charge in [0.15, 0.2) is 10.8 Å². The lowest BCUT2D eigenvalue weighted by molar-refractivity contribution is -0.141. The number of nitrogens with one attached hydrogen (secondary N) is 1. The first-order valence-electron chi connectivity index (χ1n) is 5.81. The van der Waals surface area contributed by atoms with Gasteiger partial charge >= 0.3 is 12.1 Å². The number of carbonyl (C=O) groups excluding carboxylic acids is 1. The number of anilines is 2. The van der Waals surface area contributed by atoms with Gasteiger partial charge in [-0.05, 0) is 24.6 Å². The van der Waals surface area contributed by atoms with Gasteiger partial charge in [-0.15, -0.1) is 0 Å². The maximum Gasteiger partial charge on any atom is 0.435 e. The van der Waals surface area contributed by atoms with Crippen LogP contribution in [-0.2, 0) is 10.9 Å². The van der Waals surface area contributed by atoms with Gasteiger partial charge in [-0.25, -0.2) is 9.78 Å². The van der Waals surface area contributed by atoms with Crippen LogP contribution in [0.1, 0.15) is 20.9 Å². The molecule has 21 heavy (non-hydrogen) atoms. The number of nitrogens with zero attached hydrogens (tertiary/aromatic N) is 1. The van der Waals surface area contributed by atoms with Gasteiger partial charge in [0, 0.05) is 5.69 Å². The highest BCUT2D eigenvalue weighted by atomic mass is 32.1. The summed E-state index contributed by atoms with van der Waals surface area (Å²) in [6, 6.07) is 7.07. The summed E-state index contributed by atoms with van der Waals surface area (Å²) >= 11 is 0.603. The van der Waals surface area contributed by atoms with Crippen LogP contribution in [0.2, 0.25) is 0 Å². The molecule has 2 aromatic rings. The molecule has 8 heteroatoms. The average molecular weight is 316 g/mol. The Bertz CT molecular complexity index is 668. The number of hydrogen-bond acceptors (Lipinski definition) is 5. The summed E-state index contributed by atoms with van der Waals surface area (Å²) < 4.78 is 43.0. The maximum atomic E-state index is 12.9. The van der Waals surface area contributed by atoms with Crippen molar-refractivity contribution in [2.45, 2.75) is 13.1 Å². The molecule has 0 aliphatic rings. The number of aromatic nitrogens is 1. The molecule has 2 rings (SSSR count). The summed E-state index contributed by atoms with van der Waals surface area (Å²) in [5.41, 5.74) is 0.296. The SMILES string of the molecule is COC(=O)c1sc(Nc2cccc(C)c2)nc1C(F)(F)F. The maximum absolute atomic E-state index is 12.9. The van der Waals surface area contributed by atoms with Gasteiger partial charge in [-0.3, -0.25) is 0 Å². The molecule has 0 radical (unpaired) electrons. The van der Waals surface area contributed by atoms with E-state index in [1.807, 2.05) is 13.0 Å². The molecule has 1 N–H and O–H groups in total. The third-order valence-corrected chi connectivity index (χ3v) is 3.49. The Labute approximate surface area is 122 Å². The topological polar surface area (TPSA) is 51.2 Å². The monoisotopic (exact) mass is 316 g/mol. The predicted octanol–water partition coefficient (Wildman–Crippen LogP) is 4.00. The van der Waals surface area contributed by atoms with Gasteiger partial charge in [0.05, 0.1) is 7.11 Å². The third-order valence-electron chi connectivity index (χ3n) is 2.54. The van der Waals surface area contributed by atoms with E-state index in [-0.39, 0.29) is 5.13 Å². The van der Waals surface area contributed by atoms with E-state index >= 15 is 0 Å². The number of ether oxygens (including phenoxy) is 1. The van der Waals surface area contributed by atoms with Crippen molar-refractivity contribution >= 4 is 28.1 Å². The summed E-state index contributed by atoms with van der Waals surface area (Å²) in [6.07, 6.45) is -4.72. The second-order valence-electron chi connectivity index (χ2n) is 4.18. The van der Waals surface area contributed by atoms with Gasteiger partial charge in [0.25, 0.3) is 0 Å². The molecular weight excluding hydrogens is 305 g/mol. The van der Waals surface area contributed by atoms with Crippen molar-refractivity contribution in [3.63, 3.8) is 0 Å². The Morgan fingerprint density at radius 2 is 2.10 bits per heavy atom. The lowest BCUT2D eigenvalue weighted by Crippen LogP contribution is -2.12. The van der Waals surface area contributed by atoms with E-state index in [1.165, 1.54) is 0 Å². The summed E-state index contributed by atoms with van der Waals surface area (Å²) in [6.45, 7) is 1.86. The number of benzene rings is 1. The van der Waals surface area contributed by atoms with E-state index in [0.717, 1.165) is 12.7 Å². The summed E-state index contributed by atoms with van der Waals surface area (Å²) in [5, 5.41) is 2.74. The first kappa shape index (κ1) is 15.3. The molecule has 0 aliphatic carbocycles. The number of rotatable bonds is 3. The second kappa shape index (κ2) is 5.72. The first-order valence-corrected chi connectivity index (χ1v) is 6.63. The van der Waals surface area contributed by atoms with Crippen molar-refractivity contribution in [2.24, 2.45) is 0 Å². The van der Waals surface area contributed by atoms with Crippen LogP contribution in [0.5, 0.6) is 0 Å². The van der Waals surface area contributed by atoms with Crippen LogP contribution in [0.15, 0.2) is 24.3 Å². The fraction of sp³-hybridized carbons (Fsp3) is 0.231. The van der Waals surface area contributed by atoms with Crippen LogP contribution in [0, 0.1) is 6.92 Å². The Morgan fingerprint density at radius 3 is 2.67 bits per heavy atom. The standard InChI is InChI=1S/C13H11F3N2O2S/c1-7-4-3-5-8(6-7)17-12-18-10(13(14,15)16)9(21-12)11(19)20-2/h3-6H,1-2H3,(H,17,18). The summed E-state index contributed by atoms with van der Waals surface area (Å²) in [7, 11) is 1.02. The van der Waals surface area contributed by atoms with Crippen LogP contribution in [0.3, 0.4) is 0 Å². The fourth-order valence-corrected chi connectivity index (χ4v) is 2.57. The van der Waals surface area contributed by atoms with Gasteiger partial charge in [-0.1, -0.05) is 23.5 Å². The van der Waals surface area contributed by atoms with E-state index < -0.39 is 22.7 Å². The molecule has 0 unspecified atom stereocenters. The number of esters is 1. The quantitative estimate of drug-likeness (QED) is 0.870. The molecule has 4 nitrogen and oxygen atoms in total. The Morgan fingerprint density at radius 1 is 1.38 bits per heavy atom. The summed E-state index contributed by atoms with van der Waals surface area (Å²) in [4.78, 5) is 14.3. The number of aryl methyl sites for hydroxylation is 1. The number of halogens is 3. The molecule has 0 atom stereocenters. The molecule has 0 amide bonds. The Hall–Kier alpha value is -2.09. The van der Waals surface area contributed by atoms with E-state index in [4.69, 9.17) is 0 Å². The molecular formula is C13H11F3N2O2S. The highest BCUT2D eigenvalue weighted by Gasteiger charge is 2.40. The molecule has 0 bridgehead atoms. The largest absolute Gasteiger partial charge is 0.465 e. The van der Waals surface area contributed by atoms with Crippen LogP contribution in [0.4, 0.5) is 24.0 Å². The number of thiazole rings is 1. The zero-order chi connectivity index (χ0) is 15.6. The number of carbonyl (C=O) groups is 1. The van der Waals surface area contributed by atoms with E-state index in [1.54, 1.807) is 18.2 Å². The predicted molar refractivity (Wildman–Crippen MR) is 72.9 cm³/mol. The molecule has 1 aromatic heterocycles. The lowest BCUT2D eigenvalue weighted by Gasteiger charge is -2.04. The van der Waals surface area contributed by atoms with Crippen LogP contribution in [-0.4, -0.2) is 18.1 Å². The first-order chi connectivity index (χ1) is 9.81. The van der Waals surface area contributed by atoms with Crippen molar-refractivity contribution in [1.29, 1.82) is 0 Å². The molecule has 1 aromatic carbocycles. The molecule has 0 aliphatic heterocycles. The van der Waals surface area contributed by atoms with Crippen molar-refractivity contribution in [3.05, 3.63) is 40.4 Å². The highest BCUT2D eigenvalue weighted by Crippen LogP contribution is 2.37. The molecule has 0 fully saturated rings. The number of alkyl halides is 3. The highest BCUT2D eigenvalue weighted by molar-refractivity contribution is 7.17. The minimum Gasteiger partial charge on any atom is -0.465 e. The zero-order valence-electron chi connectivity index (χ0n) is 11.1. The Balaban J connectivity index is 2.37. The molecule has 0 saturated carbocycles. The van der Waals surface area contributed by atoms with Crippen molar-refractivity contribution in [2.75, 3.05) is 12.4 Å². The van der Waals surface area contributed by atoms with Gasteiger partial charge in [0.1, 0.15) is 4.88 Å². The smallest absolute Gasteiger partial charge is 0.435 e. The molecule has 0 saturated heterocycles. The average Bonchev–Trinajstić information content (AvgIpc) is 2.82. The number of methoxy groups -OCH3 is 1. The van der Waals surface area contributed by atoms with Crippen LogP contribution >= 0.6 is 11.3 Å². The molecule has 1 heterocycles. The minimum atomic E-state index is -4.72. The zero-order valence-corrected chi connectivity index (χ0v) is 11.9. The second-order valence-corrected chi connectivity index (χ2v) is 5.18. The fourth-order valence-electron chi connectivity index (χ4n) is 1.64. The van der Waals surface area contributed by atoms with Crippen molar-refractivity contribution < 1.29 is 22.7 Å². The third kappa shape index (κ3) is 3.52. The van der Waals surface area contributed by atoms with Gasteiger partial charge in [-0.2, -0.15) is 13.2 Å². The van der Waals surface area contributed by atoms with Gasteiger partial charge in [0.2, 0.25) is 0 Å². The van der Waals surface area contributed by atoms with E-state index in [9.17, 15) is 18.0 Å².